The Hall–Kier alpha value is -2.58. The minimum Gasteiger partial charge on any atom is -0.493 e. The minimum atomic E-state index is 0.0217. The van der Waals surface area contributed by atoms with Gasteiger partial charge in [0, 0.05) is 36.1 Å². The van der Waals surface area contributed by atoms with E-state index in [2.05, 4.69) is 33.5 Å². The van der Waals surface area contributed by atoms with E-state index in [-0.39, 0.29) is 5.91 Å². The number of nitrogens with zero attached hydrogens (tertiary/aromatic N) is 3. The largest absolute Gasteiger partial charge is 0.493 e. The van der Waals surface area contributed by atoms with Gasteiger partial charge < -0.3 is 29.9 Å². The third-order valence-corrected chi connectivity index (χ3v) is 7.09. The lowest BCUT2D eigenvalue weighted by Gasteiger charge is -2.30. The summed E-state index contributed by atoms with van der Waals surface area (Å²) in [5.74, 6) is 1.46. The third kappa shape index (κ3) is 6.98. The van der Waals surface area contributed by atoms with Crippen molar-refractivity contribution in [2.24, 2.45) is 0 Å². The van der Waals surface area contributed by atoms with Crippen molar-refractivity contribution in [2.75, 3.05) is 58.8 Å². The highest BCUT2D eigenvalue weighted by molar-refractivity contribution is 5.94. The molecule has 0 saturated carbocycles. The van der Waals surface area contributed by atoms with Crippen LogP contribution in [0, 0.1) is 0 Å². The van der Waals surface area contributed by atoms with Gasteiger partial charge in [0.25, 0.3) is 0 Å². The maximum absolute atomic E-state index is 11.9. The number of hydrogen-bond acceptors (Lipinski definition) is 7. The highest BCUT2D eigenvalue weighted by Gasteiger charge is 2.19. The fourth-order valence-corrected chi connectivity index (χ4v) is 4.93. The first-order valence-corrected chi connectivity index (χ1v) is 13.1. The SMILES string of the molecule is CCC(=O)NCc1cc(NC2CCN(C)CC2)c2cc(OC)c(OCCCN3CCCC3)cc2n1. The first kappa shape index (κ1) is 25.5. The maximum atomic E-state index is 11.9. The molecule has 2 aliphatic rings. The van der Waals surface area contributed by atoms with E-state index in [4.69, 9.17) is 14.5 Å². The molecule has 192 valence electrons. The molecule has 0 aliphatic carbocycles. The number of anilines is 1. The van der Waals surface area contributed by atoms with Crippen LogP contribution in [0.25, 0.3) is 10.9 Å². The Morgan fingerprint density at radius 1 is 1.11 bits per heavy atom. The lowest BCUT2D eigenvalue weighted by molar-refractivity contribution is -0.120. The third-order valence-electron chi connectivity index (χ3n) is 7.09. The van der Waals surface area contributed by atoms with E-state index in [0.717, 1.165) is 66.9 Å². The van der Waals surface area contributed by atoms with Crippen LogP contribution in [-0.4, -0.2) is 80.2 Å². The van der Waals surface area contributed by atoms with E-state index < -0.39 is 0 Å². The summed E-state index contributed by atoms with van der Waals surface area (Å²) in [6, 6.07) is 6.48. The van der Waals surface area contributed by atoms with Crippen LogP contribution in [-0.2, 0) is 11.3 Å². The lowest BCUT2D eigenvalue weighted by atomic mass is 10.0. The van der Waals surface area contributed by atoms with Gasteiger partial charge in [-0.25, -0.2) is 0 Å². The second-order valence-corrected chi connectivity index (χ2v) is 9.78. The second kappa shape index (κ2) is 12.4. The lowest BCUT2D eigenvalue weighted by Crippen LogP contribution is -2.36. The molecule has 1 amide bonds. The number of carbonyl (C=O) groups is 1. The average Bonchev–Trinajstić information content (AvgIpc) is 3.39. The number of benzene rings is 1. The molecule has 35 heavy (non-hydrogen) atoms. The summed E-state index contributed by atoms with van der Waals surface area (Å²) in [4.78, 5) is 21.6. The first-order chi connectivity index (χ1) is 17.1. The standard InChI is InChI=1S/C27H41N5O3/c1-4-27(33)28-19-21-16-23(29-20-8-13-31(2)14-9-20)22-17-25(34-3)26(18-24(22)30-21)35-15-7-12-32-10-5-6-11-32/h16-18,20H,4-15,19H2,1-3H3,(H,28,33)(H,29,30). The quantitative estimate of drug-likeness (QED) is 0.473. The monoisotopic (exact) mass is 483 g/mol. The predicted octanol–water partition coefficient (Wildman–Crippen LogP) is 3.64. The normalized spacial score (nSPS) is 17.6. The topological polar surface area (TPSA) is 79.0 Å². The summed E-state index contributed by atoms with van der Waals surface area (Å²) >= 11 is 0. The molecule has 0 radical (unpaired) electrons. The maximum Gasteiger partial charge on any atom is 0.220 e. The number of methoxy groups -OCH3 is 1. The van der Waals surface area contributed by atoms with Gasteiger partial charge >= 0.3 is 0 Å². The van der Waals surface area contributed by atoms with Crippen LogP contribution in [0.15, 0.2) is 18.2 Å². The van der Waals surface area contributed by atoms with E-state index in [9.17, 15) is 4.79 Å². The smallest absolute Gasteiger partial charge is 0.220 e. The number of hydrogen-bond donors (Lipinski definition) is 2. The number of likely N-dealkylation sites (tertiary alicyclic amines) is 2. The van der Waals surface area contributed by atoms with E-state index >= 15 is 0 Å². The molecule has 1 aromatic heterocycles. The fraction of sp³-hybridized carbons (Fsp3) is 0.630. The molecular weight excluding hydrogens is 442 g/mol. The van der Waals surface area contributed by atoms with Crippen molar-refractivity contribution >= 4 is 22.5 Å². The first-order valence-electron chi connectivity index (χ1n) is 13.1. The van der Waals surface area contributed by atoms with Crippen LogP contribution in [0.2, 0.25) is 0 Å². The Labute approximate surface area is 209 Å². The van der Waals surface area contributed by atoms with Crippen molar-refractivity contribution in [3.8, 4) is 11.5 Å². The Balaban J connectivity index is 1.55. The number of amides is 1. The van der Waals surface area contributed by atoms with Crippen molar-refractivity contribution in [3.63, 3.8) is 0 Å². The van der Waals surface area contributed by atoms with Crippen LogP contribution in [0.5, 0.6) is 11.5 Å². The summed E-state index contributed by atoms with van der Waals surface area (Å²) in [7, 11) is 3.86. The van der Waals surface area contributed by atoms with Gasteiger partial charge in [-0.3, -0.25) is 9.78 Å². The molecule has 2 aliphatic heterocycles. The van der Waals surface area contributed by atoms with E-state index in [1.54, 1.807) is 7.11 Å². The number of aromatic nitrogens is 1. The molecule has 0 unspecified atom stereocenters. The van der Waals surface area contributed by atoms with Gasteiger partial charge in [0.15, 0.2) is 11.5 Å². The summed E-state index contributed by atoms with van der Waals surface area (Å²) in [5.41, 5.74) is 2.71. The van der Waals surface area contributed by atoms with Crippen LogP contribution >= 0.6 is 0 Å². The number of fused-ring (bicyclic) bond motifs is 1. The average molecular weight is 484 g/mol. The number of piperidine rings is 1. The second-order valence-electron chi connectivity index (χ2n) is 9.78. The van der Waals surface area contributed by atoms with Gasteiger partial charge in [-0.2, -0.15) is 0 Å². The highest BCUT2D eigenvalue weighted by Crippen LogP contribution is 2.36. The van der Waals surface area contributed by atoms with E-state index in [0.29, 0.717) is 31.4 Å². The van der Waals surface area contributed by atoms with Gasteiger partial charge in [0.2, 0.25) is 5.91 Å². The van der Waals surface area contributed by atoms with Crippen LogP contribution < -0.4 is 20.1 Å². The molecular formula is C27H41N5O3. The molecule has 1 aromatic carbocycles. The Morgan fingerprint density at radius 3 is 2.60 bits per heavy atom. The highest BCUT2D eigenvalue weighted by atomic mass is 16.5. The van der Waals surface area contributed by atoms with Gasteiger partial charge in [-0.05, 0) is 77.5 Å². The van der Waals surface area contributed by atoms with Crippen molar-refractivity contribution in [2.45, 2.75) is 58.0 Å². The molecule has 8 heteroatoms. The molecule has 8 nitrogen and oxygen atoms in total. The number of carbonyl (C=O) groups excluding carboxylic acids is 1. The summed E-state index contributed by atoms with van der Waals surface area (Å²) < 4.78 is 11.9. The molecule has 0 atom stereocenters. The summed E-state index contributed by atoms with van der Waals surface area (Å²) in [6.45, 7) is 8.54. The van der Waals surface area contributed by atoms with E-state index in [1.807, 2.05) is 19.1 Å². The van der Waals surface area contributed by atoms with Crippen LogP contribution in [0.1, 0.15) is 51.1 Å². The van der Waals surface area contributed by atoms with Crippen molar-refractivity contribution < 1.29 is 14.3 Å². The molecule has 2 fully saturated rings. The summed E-state index contributed by atoms with van der Waals surface area (Å²) in [5, 5.41) is 7.73. The zero-order valence-corrected chi connectivity index (χ0v) is 21.6. The van der Waals surface area contributed by atoms with Crippen LogP contribution in [0.4, 0.5) is 5.69 Å². The molecule has 4 rings (SSSR count). The molecule has 0 spiro atoms. The summed E-state index contributed by atoms with van der Waals surface area (Å²) in [6.07, 6.45) is 6.25. The Bertz CT molecular complexity index is 984. The molecule has 2 saturated heterocycles. The Kier molecular flexibility index (Phi) is 9.04. The number of ether oxygens (including phenoxy) is 2. The number of rotatable bonds is 11. The van der Waals surface area contributed by atoms with Crippen LogP contribution in [0.3, 0.4) is 0 Å². The fourth-order valence-electron chi connectivity index (χ4n) is 4.93. The van der Waals surface area contributed by atoms with Gasteiger partial charge in [0.1, 0.15) is 0 Å². The van der Waals surface area contributed by atoms with Gasteiger partial charge in [-0.15, -0.1) is 0 Å². The zero-order chi connectivity index (χ0) is 24.6. The van der Waals surface area contributed by atoms with Crippen molar-refractivity contribution in [3.05, 3.63) is 23.9 Å². The predicted molar refractivity (Wildman–Crippen MR) is 140 cm³/mol. The number of nitrogens with one attached hydrogen (secondary N) is 2. The van der Waals surface area contributed by atoms with Crippen molar-refractivity contribution in [1.82, 2.24) is 20.1 Å². The minimum absolute atomic E-state index is 0.0217. The molecule has 0 bridgehead atoms. The van der Waals surface area contributed by atoms with Gasteiger partial charge in [-0.1, -0.05) is 6.92 Å². The zero-order valence-electron chi connectivity index (χ0n) is 21.6. The van der Waals surface area contributed by atoms with Gasteiger partial charge in [0.05, 0.1) is 31.5 Å². The van der Waals surface area contributed by atoms with E-state index in [1.165, 1.54) is 25.9 Å². The van der Waals surface area contributed by atoms with Crippen molar-refractivity contribution in [1.29, 1.82) is 0 Å². The molecule has 2 aromatic rings. The Morgan fingerprint density at radius 2 is 1.89 bits per heavy atom. The number of pyridine rings is 1. The molecule has 2 N–H and O–H groups in total. The molecule has 3 heterocycles.